The minimum absolute atomic E-state index is 0.222. The third-order valence-electron chi connectivity index (χ3n) is 3.19. The second-order valence-corrected chi connectivity index (χ2v) is 4.36. The van der Waals surface area contributed by atoms with Gasteiger partial charge in [-0.1, -0.05) is 12.1 Å². The molecule has 0 radical (unpaired) electrons. The molecule has 0 aromatic heterocycles. The number of rotatable bonds is 4. The Morgan fingerprint density at radius 1 is 1.39 bits per heavy atom. The average Bonchev–Trinajstić information content (AvgIpc) is 2.67. The SMILES string of the molecule is CCOC(=O)C1c2c(cccc2OCC)CC1N. The van der Waals surface area contributed by atoms with Crippen molar-refractivity contribution in [2.45, 2.75) is 32.2 Å². The van der Waals surface area contributed by atoms with Gasteiger partial charge in [-0.3, -0.25) is 4.79 Å². The van der Waals surface area contributed by atoms with E-state index in [1.54, 1.807) is 6.92 Å². The first-order valence-corrected chi connectivity index (χ1v) is 6.35. The van der Waals surface area contributed by atoms with E-state index < -0.39 is 5.92 Å². The summed E-state index contributed by atoms with van der Waals surface area (Å²) in [5.41, 5.74) is 8.07. The minimum atomic E-state index is -0.400. The van der Waals surface area contributed by atoms with Crippen LogP contribution in [0, 0.1) is 0 Å². The second-order valence-electron chi connectivity index (χ2n) is 4.36. The van der Waals surface area contributed by atoms with E-state index in [9.17, 15) is 4.79 Å². The molecule has 2 unspecified atom stereocenters. The Bertz CT molecular complexity index is 445. The summed E-state index contributed by atoms with van der Waals surface area (Å²) >= 11 is 0. The summed E-state index contributed by atoms with van der Waals surface area (Å²) in [4.78, 5) is 12.0. The van der Waals surface area contributed by atoms with Gasteiger partial charge in [0.2, 0.25) is 0 Å². The van der Waals surface area contributed by atoms with Crippen molar-refractivity contribution < 1.29 is 14.3 Å². The van der Waals surface area contributed by atoms with Crippen LogP contribution >= 0.6 is 0 Å². The summed E-state index contributed by atoms with van der Waals surface area (Å²) in [6.07, 6.45) is 0.694. The molecule has 0 fully saturated rings. The van der Waals surface area contributed by atoms with Gasteiger partial charge in [-0.05, 0) is 31.9 Å². The predicted molar refractivity (Wildman–Crippen MR) is 68.7 cm³/mol. The molecule has 1 aromatic rings. The van der Waals surface area contributed by atoms with Gasteiger partial charge >= 0.3 is 5.97 Å². The lowest BCUT2D eigenvalue weighted by Crippen LogP contribution is -2.31. The number of carbonyl (C=O) groups excluding carboxylic acids is 1. The Morgan fingerprint density at radius 2 is 2.17 bits per heavy atom. The lowest BCUT2D eigenvalue weighted by atomic mass is 9.98. The number of esters is 1. The monoisotopic (exact) mass is 249 g/mol. The normalized spacial score (nSPS) is 21.5. The first kappa shape index (κ1) is 12.9. The van der Waals surface area contributed by atoms with Crippen molar-refractivity contribution in [3.63, 3.8) is 0 Å². The fraction of sp³-hybridized carbons (Fsp3) is 0.500. The fourth-order valence-corrected chi connectivity index (χ4v) is 2.51. The van der Waals surface area contributed by atoms with Gasteiger partial charge in [0, 0.05) is 11.6 Å². The quantitative estimate of drug-likeness (QED) is 0.824. The first-order chi connectivity index (χ1) is 8.69. The maximum Gasteiger partial charge on any atom is 0.315 e. The zero-order valence-electron chi connectivity index (χ0n) is 10.8. The van der Waals surface area contributed by atoms with E-state index in [1.807, 2.05) is 25.1 Å². The van der Waals surface area contributed by atoms with Crippen LogP contribution < -0.4 is 10.5 Å². The minimum Gasteiger partial charge on any atom is -0.494 e. The molecule has 1 aliphatic carbocycles. The van der Waals surface area contributed by atoms with Crippen LogP contribution in [0.1, 0.15) is 30.9 Å². The van der Waals surface area contributed by atoms with Crippen LogP contribution in [0.2, 0.25) is 0 Å². The third kappa shape index (κ3) is 2.20. The first-order valence-electron chi connectivity index (χ1n) is 6.35. The van der Waals surface area contributed by atoms with E-state index in [4.69, 9.17) is 15.2 Å². The number of carbonyl (C=O) groups is 1. The Balaban J connectivity index is 2.38. The molecule has 0 heterocycles. The number of benzene rings is 1. The lowest BCUT2D eigenvalue weighted by Gasteiger charge is -2.17. The van der Waals surface area contributed by atoms with Gasteiger partial charge in [-0.15, -0.1) is 0 Å². The number of hydrogen-bond donors (Lipinski definition) is 1. The van der Waals surface area contributed by atoms with Gasteiger partial charge in [0.05, 0.1) is 13.2 Å². The molecule has 1 aliphatic rings. The van der Waals surface area contributed by atoms with Crippen LogP contribution in [0.5, 0.6) is 5.75 Å². The Kier molecular flexibility index (Phi) is 3.87. The Morgan fingerprint density at radius 3 is 2.83 bits per heavy atom. The molecule has 4 heteroatoms. The zero-order chi connectivity index (χ0) is 13.1. The fourth-order valence-electron chi connectivity index (χ4n) is 2.51. The van der Waals surface area contributed by atoms with E-state index in [1.165, 1.54) is 0 Å². The van der Waals surface area contributed by atoms with Crippen LogP contribution in [-0.4, -0.2) is 25.2 Å². The van der Waals surface area contributed by atoms with Crippen molar-refractivity contribution in [2.75, 3.05) is 13.2 Å². The molecule has 0 aliphatic heterocycles. The predicted octanol–water partition coefficient (Wildman–Crippen LogP) is 1.62. The molecule has 1 aromatic carbocycles. The highest BCUT2D eigenvalue weighted by atomic mass is 16.5. The molecule has 2 atom stereocenters. The summed E-state index contributed by atoms with van der Waals surface area (Å²) in [6, 6.07) is 5.59. The Hall–Kier alpha value is -1.55. The molecular weight excluding hydrogens is 230 g/mol. The highest BCUT2D eigenvalue weighted by Gasteiger charge is 2.38. The summed E-state index contributed by atoms with van der Waals surface area (Å²) in [5, 5.41) is 0. The van der Waals surface area contributed by atoms with E-state index in [2.05, 4.69) is 0 Å². The van der Waals surface area contributed by atoms with Crippen LogP contribution in [0.15, 0.2) is 18.2 Å². The largest absolute Gasteiger partial charge is 0.494 e. The van der Waals surface area contributed by atoms with E-state index in [0.717, 1.165) is 16.9 Å². The van der Waals surface area contributed by atoms with Crippen molar-refractivity contribution in [2.24, 2.45) is 5.73 Å². The summed E-state index contributed by atoms with van der Waals surface area (Å²) < 4.78 is 10.7. The number of fused-ring (bicyclic) bond motifs is 1. The lowest BCUT2D eigenvalue weighted by molar-refractivity contribution is -0.145. The molecular formula is C14H19NO3. The summed E-state index contributed by atoms with van der Waals surface area (Å²) in [6.45, 7) is 4.66. The molecule has 98 valence electrons. The van der Waals surface area contributed by atoms with Crippen LogP contribution in [-0.2, 0) is 16.0 Å². The number of ether oxygens (including phenoxy) is 2. The van der Waals surface area contributed by atoms with Crippen molar-refractivity contribution >= 4 is 5.97 Å². The maximum atomic E-state index is 12.0. The molecule has 2 N–H and O–H groups in total. The molecule has 0 saturated carbocycles. The third-order valence-corrected chi connectivity index (χ3v) is 3.19. The molecule has 0 bridgehead atoms. The van der Waals surface area contributed by atoms with Crippen molar-refractivity contribution in [1.82, 2.24) is 0 Å². The molecule has 2 rings (SSSR count). The van der Waals surface area contributed by atoms with Gasteiger partial charge in [0.15, 0.2) is 0 Å². The van der Waals surface area contributed by atoms with E-state index in [0.29, 0.717) is 19.6 Å². The topological polar surface area (TPSA) is 61.5 Å². The highest BCUT2D eigenvalue weighted by Crippen LogP contribution is 2.39. The van der Waals surface area contributed by atoms with Crippen LogP contribution in [0.25, 0.3) is 0 Å². The van der Waals surface area contributed by atoms with Gasteiger partial charge < -0.3 is 15.2 Å². The van der Waals surface area contributed by atoms with Gasteiger partial charge in [-0.2, -0.15) is 0 Å². The molecule has 0 amide bonds. The van der Waals surface area contributed by atoms with Crippen LogP contribution in [0.4, 0.5) is 0 Å². The van der Waals surface area contributed by atoms with Crippen molar-refractivity contribution in [1.29, 1.82) is 0 Å². The molecule has 0 spiro atoms. The summed E-state index contributed by atoms with van der Waals surface area (Å²) in [5.74, 6) is 0.0969. The van der Waals surface area contributed by atoms with Crippen LogP contribution in [0.3, 0.4) is 0 Å². The molecule has 4 nitrogen and oxygen atoms in total. The summed E-state index contributed by atoms with van der Waals surface area (Å²) in [7, 11) is 0. The Labute approximate surface area is 107 Å². The standard InChI is InChI=1S/C14H19NO3/c1-3-17-11-7-5-6-9-8-10(15)13(12(9)11)14(16)18-4-2/h5-7,10,13H,3-4,8,15H2,1-2H3. The van der Waals surface area contributed by atoms with Crippen molar-refractivity contribution in [3.05, 3.63) is 29.3 Å². The maximum absolute atomic E-state index is 12.0. The smallest absolute Gasteiger partial charge is 0.315 e. The van der Waals surface area contributed by atoms with E-state index in [-0.39, 0.29) is 12.0 Å². The van der Waals surface area contributed by atoms with E-state index >= 15 is 0 Å². The average molecular weight is 249 g/mol. The number of nitrogens with two attached hydrogens (primary N) is 1. The second kappa shape index (κ2) is 5.40. The molecule has 0 saturated heterocycles. The van der Waals surface area contributed by atoms with Gasteiger partial charge in [-0.25, -0.2) is 0 Å². The molecule has 18 heavy (non-hydrogen) atoms. The number of hydrogen-bond acceptors (Lipinski definition) is 4. The zero-order valence-corrected chi connectivity index (χ0v) is 10.8. The van der Waals surface area contributed by atoms with Gasteiger partial charge in [0.25, 0.3) is 0 Å². The van der Waals surface area contributed by atoms with Crippen molar-refractivity contribution in [3.8, 4) is 5.75 Å². The highest BCUT2D eigenvalue weighted by molar-refractivity contribution is 5.82. The van der Waals surface area contributed by atoms with Gasteiger partial charge in [0.1, 0.15) is 11.7 Å².